The molecule has 1 aromatic rings. The Morgan fingerprint density at radius 1 is 1.31 bits per heavy atom. The number of aliphatic carboxylic acids is 1. The summed E-state index contributed by atoms with van der Waals surface area (Å²) in [5.41, 5.74) is 2.44. The highest BCUT2D eigenvalue weighted by Crippen LogP contribution is 2.37. The molecule has 0 heterocycles. The van der Waals surface area contributed by atoms with E-state index in [2.05, 4.69) is 13.0 Å². The smallest absolute Gasteiger partial charge is 0.307 e. The van der Waals surface area contributed by atoms with Crippen LogP contribution in [0.4, 0.5) is 0 Å². The van der Waals surface area contributed by atoms with Gasteiger partial charge in [-0.05, 0) is 25.3 Å². The van der Waals surface area contributed by atoms with E-state index >= 15 is 0 Å². The molecule has 0 spiro atoms. The standard InChI is InChI=1S/C14H16O2/c1-10-7-8-12(14(15)16)13(9-10)11-5-3-2-4-6-11/h2-7,12-13H,8-9H2,1H3,(H,15,16)/t12-,13+/m1/s1. The van der Waals surface area contributed by atoms with Crippen molar-refractivity contribution in [2.45, 2.75) is 25.7 Å². The quantitative estimate of drug-likeness (QED) is 0.771. The normalized spacial score (nSPS) is 24.9. The van der Waals surface area contributed by atoms with Gasteiger partial charge in [0.25, 0.3) is 0 Å². The molecule has 84 valence electrons. The van der Waals surface area contributed by atoms with Crippen LogP contribution in [0.2, 0.25) is 0 Å². The maximum atomic E-state index is 11.2. The van der Waals surface area contributed by atoms with Crippen molar-refractivity contribution in [2.24, 2.45) is 5.92 Å². The minimum Gasteiger partial charge on any atom is -0.481 e. The van der Waals surface area contributed by atoms with Crippen molar-refractivity contribution in [2.75, 3.05) is 0 Å². The molecule has 0 aliphatic heterocycles. The van der Waals surface area contributed by atoms with Gasteiger partial charge in [-0.2, -0.15) is 0 Å². The van der Waals surface area contributed by atoms with Crippen LogP contribution in [0.1, 0.15) is 31.2 Å². The third kappa shape index (κ3) is 2.16. The highest BCUT2D eigenvalue weighted by molar-refractivity contribution is 5.72. The molecule has 2 atom stereocenters. The van der Waals surface area contributed by atoms with Crippen molar-refractivity contribution in [3.05, 3.63) is 47.5 Å². The van der Waals surface area contributed by atoms with E-state index < -0.39 is 5.97 Å². The molecule has 1 aliphatic rings. The van der Waals surface area contributed by atoms with Crippen molar-refractivity contribution in [3.8, 4) is 0 Å². The zero-order chi connectivity index (χ0) is 11.5. The second kappa shape index (κ2) is 4.52. The molecule has 16 heavy (non-hydrogen) atoms. The summed E-state index contributed by atoms with van der Waals surface area (Å²) in [7, 11) is 0. The lowest BCUT2D eigenvalue weighted by atomic mass is 9.76. The molecular formula is C14H16O2. The van der Waals surface area contributed by atoms with Crippen molar-refractivity contribution >= 4 is 5.97 Å². The Morgan fingerprint density at radius 2 is 2.00 bits per heavy atom. The van der Waals surface area contributed by atoms with Gasteiger partial charge in [-0.25, -0.2) is 0 Å². The summed E-state index contributed by atoms with van der Waals surface area (Å²) in [6.45, 7) is 2.08. The summed E-state index contributed by atoms with van der Waals surface area (Å²) in [6.07, 6.45) is 3.57. The van der Waals surface area contributed by atoms with E-state index in [1.807, 2.05) is 30.3 Å². The second-order valence-corrected chi connectivity index (χ2v) is 4.45. The van der Waals surface area contributed by atoms with Gasteiger partial charge in [-0.3, -0.25) is 4.79 Å². The van der Waals surface area contributed by atoms with Gasteiger partial charge in [-0.15, -0.1) is 0 Å². The number of hydrogen-bond donors (Lipinski definition) is 1. The van der Waals surface area contributed by atoms with Crippen molar-refractivity contribution in [1.82, 2.24) is 0 Å². The van der Waals surface area contributed by atoms with Crippen LogP contribution in [-0.2, 0) is 4.79 Å². The molecule has 0 aromatic heterocycles. The predicted molar refractivity (Wildman–Crippen MR) is 63.3 cm³/mol. The van der Waals surface area contributed by atoms with E-state index in [9.17, 15) is 9.90 Å². The van der Waals surface area contributed by atoms with Gasteiger partial charge in [0.15, 0.2) is 0 Å². The summed E-state index contributed by atoms with van der Waals surface area (Å²) in [6, 6.07) is 9.97. The lowest BCUT2D eigenvalue weighted by Crippen LogP contribution is -2.24. The third-order valence-electron chi connectivity index (χ3n) is 3.29. The Labute approximate surface area is 95.6 Å². The van der Waals surface area contributed by atoms with E-state index in [1.165, 1.54) is 5.57 Å². The van der Waals surface area contributed by atoms with Crippen molar-refractivity contribution in [3.63, 3.8) is 0 Å². The Hall–Kier alpha value is -1.57. The van der Waals surface area contributed by atoms with Crippen LogP contribution >= 0.6 is 0 Å². The number of allylic oxidation sites excluding steroid dienone is 2. The van der Waals surface area contributed by atoms with Gasteiger partial charge in [0.1, 0.15) is 0 Å². The van der Waals surface area contributed by atoms with Crippen molar-refractivity contribution < 1.29 is 9.90 Å². The maximum absolute atomic E-state index is 11.2. The Kier molecular flexibility index (Phi) is 3.09. The van der Waals surface area contributed by atoms with Gasteiger partial charge >= 0.3 is 5.97 Å². The fourth-order valence-corrected chi connectivity index (χ4v) is 2.39. The molecule has 0 radical (unpaired) electrons. The van der Waals surface area contributed by atoms with E-state index in [0.717, 1.165) is 12.0 Å². The largest absolute Gasteiger partial charge is 0.481 e. The number of carboxylic acids is 1. The van der Waals surface area contributed by atoms with E-state index in [1.54, 1.807) is 0 Å². The fourth-order valence-electron chi connectivity index (χ4n) is 2.39. The molecule has 0 unspecified atom stereocenters. The average Bonchev–Trinajstić information content (AvgIpc) is 2.29. The van der Waals surface area contributed by atoms with E-state index in [0.29, 0.717) is 6.42 Å². The van der Waals surface area contributed by atoms with Crippen LogP contribution in [0.5, 0.6) is 0 Å². The van der Waals surface area contributed by atoms with E-state index in [-0.39, 0.29) is 11.8 Å². The molecule has 1 aromatic carbocycles. The van der Waals surface area contributed by atoms with Crippen LogP contribution < -0.4 is 0 Å². The molecule has 0 amide bonds. The molecule has 0 saturated heterocycles. The fraction of sp³-hybridized carbons (Fsp3) is 0.357. The van der Waals surface area contributed by atoms with Gasteiger partial charge in [0.05, 0.1) is 5.92 Å². The average molecular weight is 216 g/mol. The first-order valence-corrected chi connectivity index (χ1v) is 5.62. The maximum Gasteiger partial charge on any atom is 0.307 e. The van der Waals surface area contributed by atoms with Crippen LogP contribution in [-0.4, -0.2) is 11.1 Å². The number of rotatable bonds is 2. The topological polar surface area (TPSA) is 37.3 Å². The van der Waals surface area contributed by atoms with E-state index in [4.69, 9.17) is 0 Å². The molecule has 2 nitrogen and oxygen atoms in total. The van der Waals surface area contributed by atoms with Crippen molar-refractivity contribution in [1.29, 1.82) is 0 Å². The van der Waals surface area contributed by atoms with Crippen LogP contribution in [0, 0.1) is 5.92 Å². The first-order valence-electron chi connectivity index (χ1n) is 5.62. The molecule has 0 bridgehead atoms. The summed E-state index contributed by atoms with van der Waals surface area (Å²) >= 11 is 0. The Balaban J connectivity index is 2.30. The number of carboxylic acid groups (broad SMARTS) is 1. The molecule has 0 saturated carbocycles. The number of benzene rings is 1. The lowest BCUT2D eigenvalue weighted by molar-refractivity contribution is -0.142. The molecule has 1 N–H and O–H groups in total. The Bertz CT molecular complexity index is 406. The molecule has 2 heteroatoms. The summed E-state index contributed by atoms with van der Waals surface area (Å²) in [5.74, 6) is -0.826. The first kappa shape index (κ1) is 10.9. The zero-order valence-electron chi connectivity index (χ0n) is 9.39. The van der Waals surface area contributed by atoms with Crippen LogP contribution in [0.3, 0.4) is 0 Å². The summed E-state index contributed by atoms with van der Waals surface area (Å²) in [5, 5.41) is 9.23. The molecule has 0 fully saturated rings. The zero-order valence-corrected chi connectivity index (χ0v) is 9.39. The molecule has 2 rings (SSSR count). The van der Waals surface area contributed by atoms with Crippen LogP contribution in [0.25, 0.3) is 0 Å². The van der Waals surface area contributed by atoms with Gasteiger partial charge in [0.2, 0.25) is 0 Å². The summed E-state index contributed by atoms with van der Waals surface area (Å²) in [4.78, 5) is 11.2. The third-order valence-corrected chi connectivity index (χ3v) is 3.29. The number of carbonyl (C=O) groups is 1. The first-order chi connectivity index (χ1) is 7.68. The molecular weight excluding hydrogens is 200 g/mol. The minimum absolute atomic E-state index is 0.128. The second-order valence-electron chi connectivity index (χ2n) is 4.45. The van der Waals surface area contributed by atoms with Gasteiger partial charge in [-0.1, -0.05) is 42.0 Å². The Morgan fingerprint density at radius 3 is 2.62 bits per heavy atom. The molecule has 1 aliphatic carbocycles. The highest BCUT2D eigenvalue weighted by atomic mass is 16.4. The predicted octanol–water partition coefficient (Wildman–Crippen LogP) is 3.21. The van der Waals surface area contributed by atoms with Gasteiger partial charge in [0, 0.05) is 5.92 Å². The highest BCUT2D eigenvalue weighted by Gasteiger charge is 2.31. The lowest BCUT2D eigenvalue weighted by Gasteiger charge is -2.28. The SMILES string of the molecule is CC1=CC[C@@H](C(=O)O)[C@H](c2ccccc2)C1. The monoisotopic (exact) mass is 216 g/mol. The minimum atomic E-state index is -0.683. The summed E-state index contributed by atoms with van der Waals surface area (Å²) < 4.78 is 0. The van der Waals surface area contributed by atoms with Crippen LogP contribution in [0.15, 0.2) is 42.0 Å². The van der Waals surface area contributed by atoms with Gasteiger partial charge < -0.3 is 5.11 Å². The number of hydrogen-bond acceptors (Lipinski definition) is 1.